The van der Waals surface area contributed by atoms with Crippen molar-refractivity contribution in [3.05, 3.63) is 454 Å². The summed E-state index contributed by atoms with van der Waals surface area (Å²) < 4.78 is 9.39. The minimum absolute atomic E-state index is 0.109. The molecule has 588 valence electrons. The van der Waals surface area contributed by atoms with E-state index in [2.05, 4.69) is 471 Å². The first-order valence-corrected chi connectivity index (χ1v) is 42.6. The lowest BCUT2D eigenvalue weighted by Gasteiger charge is -2.28. The van der Waals surface area contributed by atoms with Crippen molar-refractivity contribution < 1.29 is 0 Å². The van der Waals surface area contributed by atoms with E-state index in [1.807, 2.05) is 18.5 Å². The molecule has 6 heterocycles. The molecule has 2 aliphatic carbocycles. The van der Waals surface area contributed by atoms with E-state index in [0.717, 1.165) is 79.1 Å². The number of rotatable bonds is 14. The first-order chi connectivity index (χ1) is 61.0. The molecule has 0 saturated heterocycles. The number of anilines is 6. The Kier molecular flexibility index (Phi) is 17.4. The highest BCUT2D eigenvalue weighted by atomic mass is 15.1. The van der Waals surface area contributed by atoms with Crippen LogP contribution in [0.1, 0.15) is 49.9 Å². The predicted octanol–water partition coefficient (Wildman–Crippen LogP) is 29.9. The number of hydrogen-bond acceptors (Lipinski definition) is 5. The summed E-state index contributed by atoms with van der Waals surface area (Å²) in [7, 11) is 0. The molecule has 6 aromatic heterocycles. The van der Waals surface area contributed by atoms with E-state index < -0.39 is 0 Å². The van der Waals surface area contributed by atoms with Crippen molar-refractivity contribution in [2.45, 2.75) is 38.5 Å². The average molecular weight is 1590 g/mol. The standard InChI is InChI=1S/C58H42N4.C57H41N5/c1-58(2)53-16-10-9-15-49(53)50-27-26-48(37-54(50)58)61(46-22-17-39(18-23-46)41-29-32-59-33-30-41)47-24-19-40(20-25-47)42-21-28-55-51(35-42)52-36-43-31-34-60(44-11-5-3-6-12-44)56(43)38-57(52)62(55)45-13-7-4-8-14-45;1-57(2)51-17-10-9-16-47(51)48-28-27-46(36-52(48)57)61(45-25-20-39(21-26-45)56-58-31-11-32-59-56)44-23-18-38(19-24-44)40-22-29-53-49(34-40)50-35-41-30-33-60(42-12-5-3-6-13-42)54(41)37-55(50)62(53)43-14-7-4-8-15-43/h3-38H,1-2H3;3-37H,1-2H3. The fourth-order valence-electron chi connectivity index (χ4n) is 19.7. The van der Waals surface area contributed by atoms with Gasteiger partial charge in [0.05, 0.1) is 33.1 Å². The van der Waals surface area contributed by atoms with Crippen molar-refractivity contribution in [1.82, 2.24) is 33.2 Å². The zero-order chi connectivity index (χ0) is 82.7. The van der Waals surface area contributed by atoms with E-state index >= 15 is 0 Å². The predicted molar refractivity (Wildman–Crippen MR) is 515 cm³/mol. The Bertz CT molecular complexity index is 7380. The molecule has 0 aliphatic heterocycles. The van der Waals surface area contributed by atoms with Crippen LogP contribution in [0.2, 0.25) is 0 Å². The van der Waals surface area contributed by atoms with Crippen LogP contribution in [-0.4, -0.2) is 33.2 Å². The topological polar surface area (TPSA) is 64.9 Å². The Morgan fingerprint density at radius 2 is 0.556 bits per heavy atom. The summed E-state index contributed by atoms with van der Waals surface area (Å²) in [6.07, 6.45) is 11.6. The lowest BCUT2D eigenvalue weighted by molar-refractivity contribution is 0.660. The van der Waals surface area contributed by atoms with Gasteiger partial charge in [0, 0.05) is 143 Å². The Hall–Kier alpha value is -16.0. The highest BCUT2D eigenvalue weighted by Gasteiger charge is 2.38. The first-order valence-electron chi connectivity index (χ1n) is 42.6. The zero-order valence-corrected chi connectivity index (χ0v) is 69.0. The Labute approximate surface area is 719 Å². The molecular weight excluding hydrogens is 1510 g/mol. The summed E-state index contributed by atoms with van der Waals surface area (Å²) in [5.74, 6) is 0.714. The van der Waals surface area contributed by atoms with Crippen LogP contribution in [0.3, 0.4) is 0 Å². The molecule has 0 radical (unpaired) electrons. The van der Waals surface area contributed by atoms with Crippen LogP contribution in [0.4, 0.5) is 34.1 Å². The molecular formula is C115H83N9. The molecule has 16 aromatic carbocycles. The minimum Gasteiger partial charge on any atom is -0.316 e. The van der Waals surface area contributed by atoms with Crippen molar-refractivity contribution in [1.29, 1.82) is 0 Å². The van der Waals surface area contributed by atoms with Crippen LogP contribution >= 0.6 is 0 Å². The number of pyridine rings is 1. The summed E-state index contributed by atoms with van der Waals surface area (Å²) in [6.45, 7) is 9.38. The van der Waals surface area contributed by atoms with Gasteiger partial charge >= 0.3 is 0 Å². The largest absolute Gasteiger partial charge is 0.316 e. The molecule has 0 bridgehead atoms. The number of aromatic nitrogens is 7. The second kappa shape index (κ2) is 29.5. The molecule has 0 amide bonds. The van der Waals surface area contributed by atoms with E-state index in [0.29, 0.717) is 5.82 Å². The second-order valence-corrected chi connectivity index (χ2v) is 33.7. The van der Waals surface area contributed by atoms with Gasteiger partial charge in [0.1, 0.15) is 0 Å². The van der Waals surface area contributed by atoms with E-state index in [4.69, 9.17) is 0 Å². The number of nitrogens with zero attached hydrogens (tertiary/aromatic N) is 9. The molecule has 0 fully saturated rings. The minimum atomic E-state index is -0.119. The molecule has 22 aromatic rings. The number of hydrogen-bond donors (Lipinski definition) is 0. The third kappa shape index (κ3) is 12.3. The fourth-order valence-corrected chi connectivity index (χ4v) is 19.7. The Morgan fingerprint density at radius 3 is 0.968 bits per heavy atom. The van der Waals surface area contributed by atoms with Crippen molar-refractivity contribution in [2.24, 2.45) is 0 Å². The van der Waals surface area contributed by atoms with E-state index in [1.165, 1.54) is 127 Å². The van der Waals surface area contributed by atoms with Gasteiger partial charge in [-0.1, -0.05) is 210 Å². The summed E-state index contributed by atoms with van der Waals surface area (Å²) in [5, 5.41) is 7.37. The molecule has 0 spiro atoms. The van der Waals surface area contributed by atoms with Crippen molar-refractivity contribution in [3.63, 3.8) is 0 Å². The summed E-state index contributed by atoms with van der Waals surface area (Å²) >= 11 is 0. The second-order valence-electron chi connectivity index (χ2n) is 33.7. The van der Waals surface area contributed by atoms with E-state index in [9.17, 15) is 0 Å². The molecule has 124 heavy (non-hydrogen) atoms. The van der Waals surface area contributed by atoms with E-state index in [-0.39, 0.29) is 10.8 Å². The molecule has 9 heteroatoms. The highest BCUT2D eigenvalue weighted by molar-refractivity contribution is 6.16. The lowest BCUT2D eigenvalue weighted by Crippen LogP contribution is -2.16. The van der Waals surface area contributed by atoms with Crippen LogP contribution in [-0.2, 0) is 10.8 Å². The monoisotopic (exact) mass is 1590 g/mol. The Morgan fingerprint density at radius 1 is 0.226 bits per heavy atom. The van der Waals surface area contributed by atoms with Gasteiger partial charge in [-0.05, 0) is 290 Å². The van der Waals surface area contributed by atoms with Crippen LogP contribution in [0.5, 0.6) is 0 Å². The molecule has 24 rings (SSSR count). The SMILES string of the molecule is CC1(C)c2ccccc2-c2ccc(N(c3ccc(-c4ccc5c(c4)c4cc6ccn(-c7ccccc7)c6cc4n5-c4ccccc4)cc3)c3ccc(-c4ncccn4)cc3)cc21.CC1(C)c2ccccc2-c2ccc(N(c3ccc(-c4ccncc4)cc3)c3ccc(-c4ccc5c(c4)c4cc6ccn(-c7ccccc7)c6cc4n5-c4ccccc4)cc3)cc21. The third-order valence-electron chi connectivity index (χ3n) is 25.9. The molecule has 0 unspecified atom stereocenters. The zero-order valence-electron chi connectivity index (χ0n) is 69.0. The van der Waals surface area contributed by atoms with Crippen molar-refractivity contribution in [2.75, 3.05) is 9.80 Å². The summed E-state index contributed by atoms with van der Waals surface area (Å²) in [6, 6.07) is 144. The van der Waals surface area contributed by atoms with Crippen LogP contribution in [0.15, 0.2) is 431 Å². The number of fused-ring (bicyclic) bond motifs is 14. The summed E-state index contributed by atoms with van der Waals surface area (Å²) in [4.78, 5) is 18.0. The van der Waals surface area contributed by atoms with Gasteiger partial charge in [0.25, 0.3) is 0 Å². The quantitative estimate of drug-likeness (QED) is 0.109. The average Bonchev–Trinajstić information content (AvgIpc) is 1.59. The molecule has 2 aliphatic rings. The van der Waals surface area contributed by atoms with Crippen LogP contribution in [0, 0.1) is 0 Å². The Balaban J connectivity index is 0.000000143. The van der Waals surface area contributed by atoms with Gasteiger partial charge in [-0.15, -0.1) is 0 Å². The number of para-hydroxylation sites is 4. The molecule has 0 N–H and O–H groups in total. The van der Waals surface area contributed by atoms with Gasteiger partial charge < -0.3 is 28.1 Å². The smallest absolute Gasteiger partial charge is 0.159 e. The van der Waals surface area contributed by atoms with Gasteiger partial charge in [0.2, 0.25) is 0 Å². The van der Waals surface area contributed by atoms with Gasteiger partial charge in [-0.25, -0.2) is 9.97 Å². The number of benzene rings is 16. The maximum atomic E-state index is 4.50. The third-order valence-corrected chi connectivity index (χ3v) is 25.9. The summed E-state index contributed by atoms with van der Waals surface area (Å²) in [5.41, 5.74) is 36.8. The molecule has 0 saturated carbocycles. The lowest BCUT2D eigenvalue weighted by atomic mass is 9.82. The highest BCUT2D eigenvalue weighted by Crippen LogP contribution is 2.54. The maximum Gasteiger partial charge on any atom is 0.159 e. The molecule has 9 nitrogen and oxygen atoms in total. The molecule has 0 atom stereocenters. The van der Waals surface area contributed by atoms with Crippen LogP contribution in [0.25, 0.3) is 155 Å². The van der Waals surface area contributed by atoms with Crippen molar-refractivity contribution in [3.8, 4) is 89.8 Å². The van der Waals surface area contributed by atoms with Gasteiger partial charge in [-0.3, -0.25) is 4.98 Å². The normalized spacial score (nSPS) is 12.8. The van der Waals surface area contributed by atoms with Gasteiger partial charge in [0.15, 0.2) is 5.82 Å². The van der Waals surface area contributed by atoms with Crippen LogP contribution < -0.4 is 9.80 Å². The first kappa shape index (κ1) is 73.2. The fraction of sp³-hybridized carbons (Fsp3) is 0.0522. The van der Waals surface area contributed by atoms with Crippen molar-refractivity contribution >= 4 is 99.5 Å². The maximum absolute atomic E-state index is 4.50. The van der Waals surface area contributed by atoms with Gasteiger partial charge in [-0.2, -0.15) is 0 Å². The van der Waals surface area contributed by atoms with E-state index in [1.54, 1.807) is 12.4 Å².